The number of sulfonamides is 1. The van der Waals surface area contributed by atoms with Crippen molar-refractivity contribution in [3.8, 4) is 0 Å². The summed E-state index contributed by atoms with van der Waals surface area (Å²) >= 11 is 0. The predicted molar refractivity (Wildman–Crippen MR) is 118 cm³/mol. The molecule has 0 spiro atoms. The van der Waals surface area contributed by atoms with Crippen LogP contribution in [0.3, 0.4) is 0 Å². The summed E-state index contributed by atoms with van der Waals surface area (Å²) in [6, 6.07) is 14.5. The van der Waals surface area contributed by atoms with Crippen LogP contribution in [-0.4, -0.2) is 43.2 Å². The van der Waals surface area contributed by atoms with Gasteiger partial charge in [-0.2, -0.15) is 4.31 Å². The Morgan fingerprint density at radius 3 is 2.30 bits per heavy atom. The van der Waals surface area contributed by atoms with Crippen molar-refractivity contribution in [2.75, 3.05) is 19.6 Å². The molecular formula is C24H30N2O3S. The Bertz CT molecular complexity index is 993. The van der Waals surface area contributed by atoms with Crippen molar-refractivity contribution in [3.63, 3.8) is 0 Å². The number of aryl methyl sites for hydroxylation is 1. The van der Waals surface area contributed by atoms with E-state index in [0.29, 0.717) is 17.9 Å². The van der Waals surface area contributed by atoms with Gasteiger partial charge in [0.05, 0.1) is 10.9 Å². The van der Waals surface area contributed by atoms with Gasteiger partial charge in [-0.1, -0.05) is 54.8 Å². The Morgan fingerprint density at radius 2 is 1.60 bits per heavy atom. The highest BCUT2D eigenvalue weighted by Crippen LogP contribution is 2.37. The standard InChI is InChI=1S/C24H30N2O3S/c1-19-10-12-21(13-11-19)30(28,29)26-17-14-20-8-4-5-9-22(20)23(26)18-24(27)25-15-6-2-3-7-16-25/h4-5,8-13,23H,2-3,6-7,14-18H2,1H3. The Morgan fingerprint density at radius 1 is 0.933 bits per heavy atom. The third-order valence-electron chi connectivity index (χ3n) is 6.32. The number of likely N-dealkylation sites (tertiary alicyclic amines) is 1. The molecule has 5 nitrogen and oxygen atoms in total. The van der Waals surface area contributed by atoms with Crippen molar-refractivity contribution < 1.29 is 13.2 Å². The minimum atomic E-state index is -3.69. The molecule has 1 unspecified atom stereocenters. The normalized spacial score (nSPS) is 20.4. The van der Waals surface area contributed by atoms with E-state index in [1.807, 2.05) is 42.2 Å². The second-order valence-electron chi connectivity index (χ2n) is 8.39. The van der Waals surface area contributed by atoms with E-state index in [2.05, 4.69) is 6.07 Å². The molecule has 1 atom stereocenters. The van der Waals surface area contributed by atoms with Gasteiger partial charge in [0.15, 0.2) is 0 Å². The monoisotopic (exact) mass is 426 g/mol. The molecule has 0 radical (unpaired) electrons. The van der Waals surface area contributed by atoms with E-state index >= 15 is 0 Å². The van der Waals surface area contributed by atoms with Gasteiger partial charge < -0.3 is 4.90 Å². The van der Waals surface area contributed by atoms with Gasteiger partial charge in [0.1, 0.15) is 0 Å². The fourth-order valence-corrected chi connectivity index (χ4v) is 6.19. The van der Waals surface area contributed by atoms with E-state index in [0.717, 1.165) is 55.5 Å². The SMILES string of the molecule is Cc1ccc(S(=O)(=O)N2CCc3ccccc3C2CC(=O)N2CCCCCC2)cc1. The van der Waals surface area contributed by atoms with Crippen molar-refractivity contribution in [1.29, 1.82) is 0 Å². The van der Waals surface area contributed by atoms with Crippen molar-refractivity contribution in [2.24, 2.45) is 0 Å². The van der Waals surface area contributed by atoms with Crippen molar-refractivity contribution in [3.05, 3.63) is 65.2 Å². The highest BCUT2D eigenvalue weighted by molar-refractivity contribution is 7.89. The molecular weight excluding hydrogens is 396 g/mol. The number of carbonyl (C=O) groups excluding carboxylic acids is 1. The average Bonchev–Trinajstić information content (AvgIpc) is 3.04. The molecule has 0 bridgehead atoms. The summed E-state index contributed by atoms with van der Waals surface area (Å²) in [5.74, 6) is 0.0581. The van der Waals surface area contributed by atoms with Crippen molar-refractivity contribution in [1.82, 2.24) is 9.21 Å². The van der Waals surface area contributed by atoms with Gasteiger partial charge in [0, 0.05) is 26.1 Å². The largest absolute Gasteiger partial charge is 0.343 e. The van der Waals surface area contributed by atoms with Gasteiger partial charge in [0.2, 0.25) is 15.9 Å². The first-order valence-corrected chi connectivity index (χ1v) is 12.3. The smallest absolute Gasteiger partial charge is 0.243 e. The number of nitrogens with zero attached hydrogens (tertiary/aromatic N) is 2. The fourth-order valence-electron chi connectivity index (χ4n) is 4.59. The highest BCUT2D eigenvalue weighted by Gasteiger charge is 2.38. The summed E-state index contributed by atoms with van der Waals surface area (Å²) in [7, 11) is -3.69. The maximum atomic E-state index is 13.5. The summed E-state index contributed by atoms with van der Waals surface area (Å²) < 4.78 is 28.6. The Hall–Kier alpha value is -2.18. The number of hydrogen-bond donors (Lipinski definition) is 0. The quantitative estimate of drug-likeness (QED) is 0.740. The molecule has 2 aromatic rings. The molecule has 160 valence electrons. The second kappa shape index (κ2) is 8.90. The molecule has 2 aromatic carbocycles. The van der Waals surface area contributed by atoms with E-state index in [1.165, 1.54) is 0 Å². The van der Waals surface area contributed by atoms with Gasteiger partial charge >= 0.3 is 0 Å². The van der Waals surface area contributed by atoms with Crippen LogP contribution in [0.5, 0.6) is 0 Å². The lowest BCUT2D eigenvalue weighted by molar-refractivity contribution is -0.132. The molecule has 1 amide bonds. The Balaban J connectivity index is 1.67. The predicted octanol–water partition coefficient (Wildman–Crippen LogP) is 4.08. The zero-order valence-electron chi connectivity index (χ0n) is 17.6. The summed E-state index contributed by atoms with van der Waals surface area (Å²) in [6.07, 6.45) is 5.22. The molecule has 30 heavy (non-hydrogen) atoms. The van der Waals surface area contributed by atoms with E-state index in [-0.39, 0.29) is 12.3 Å². The number of fused-ring (bicyclic) bond motifs is 1. The molecule has 6 heteroatoms. The zero-order valence-corrected chi connectivity index (χ0v) is 18.4. The van der Waals surface area contributed by atoms with Gasteiger partial charge in [-0.05, 0) is 49.4 Å². The molecule has 0 N–H and O–H groups in total. The van der Waals surface area contributed by atoms with E-state index in [4.69, 9.17) is 0 Å². The topological polar surface area (TPSA) is 57.7 Å². The zero-order chi connectivity index (χ0) is 21.1. The van der Waals surface area contributed by atoms with Crippen LogP contribution in [0.4, 0.5) is 0 Å². The Labute approximate surface area is 179 Å². The van der Waals surface area contributed by atoms with Crippen LogP contribution in [-0.2, 0) is 21.2 Å². The first-order chi connectivity index (χ1) is 14.5. The maximum absolute atomic E-state index is 13.5. The summed E-state index contributed by atoms with van der Waals surface area (Å²) in [5.41, 5.74) is 3.12. The van der Waals surface area contributed by atoms with Crippen LogP contribution < -0.4 is 0 Å². The minimum Gasteiger partial charge on any atom is -0.343 e. The molecule has 0 aliphatic carbocycles. The summed E-state index contributed by atoms with van der Waals surface area (Å²) in [5, 5.41) is 0. The van der Waals surface area contributed by atoms with Gasteiger partial charge in [-0.25, -0.2) is 8.42 Å². The van der Waals surface area contributed by atoms with Crippen LogP contribution in [0.15, 0.2) is 53.4 Å². The average molecular weight is 427 g/mol. The van der Waals surface area contributed by atoms with E-state index < -0.39 is 16.1 Å². The minimum absolute atomic E-state index is 0.0581. The fraction of sp³-hybridized carbons (Fsp3) is 0.458. The molecule has 1 fully saturated rings. The lowest BCUT2D eigenvalue weighted by Crippen LogP contribution is -2.43. The van der Waals surface area contributed by atoms with Crippen LogP contribution >= 0.6 is 0 Å². The molecule has 2 aliphatic heterocycles. The van der Waals surface area contributed by atoms with Crippen LogP contribution in [0, 0.1) is 6.92 Å². The van der Waals surface area contributed by atoms with Gasteiger partial charge in [-0.3, -0.25) is 4.79 Å². The Kier molecular flexibility index (Phi) is 6.25. The number of rotatable bonds is 4. The number of benzene rings is 2. The van der Waals surface area contributed by atoms with Crippen LogP contribution in [0.25, 0.3) is 0 Å². The molecule has 2 aliphatic rings. The summed E-state index contributed by atoms with van der Waals surface area (Å²) in [6.45, 7) is 3.89. The van der Waals surface area contributed by atoms with E-state index in [9.17, 15) is 13.2 Å². The molecule has 0 saturated carbocycles. The van der Waals surface area contributed by atoms with Gasteiger partial charge in [0.25, 0.3) is 0 Å². The molecule has 0 aromatic heterocycles. The van der Waals surface area contributed by atoms with Crippen LogP contribution in [0.2, 0.25) is 0 Å². The second-order valence-corrected chi connectivity index (χ2v) is 10.3. The number of hydrogen-bond acceptors (Lipinski definition) is 3. The first kappa shape index (κ1) is 21.1. The van der Waals surface area contributed by atoms with Crippen LogP contribution in [0.1, 0.15) is 54.8 Å². The first-order valence-electron chi connectivity index (χ1n) is 10.9. The molecule has 1 saturated heterocycles. The lowest BCUT2D eigenvalue weighted by Gasteiger charge is -2.37. The third kappa shape index (κ3) is 4.30. The third-order valence-corrected chi connectivity index (χ3v) is 8.24. The summed E-state index contributed by atoms with van der Waals surface area (Å²) in [4.78, 5) is 15.4. The van der Waals surface area contributed by atoms with Crippen molar-refractivity contribution >= 4 is 15.9 Å². The lowest BCUT2D eigenvalue weighted by atomic mass is 9.92. The van der Waals surface area contributed by atoms with E-state index in [1.54, 1.807) is 16.4 Å². The number of amides is 1. The van der Waals surface area contributed by atoms with Crippen molar-refractivity contribution in [2.45, 2.75) is 56.4 Å². The maximum Gasteiger partial charge on any atom is 0.243 e. The number of carbonyl (C=O) groups is 1. The van der Waals surface area contributed by atoms with Gasteiger partial charge in [-0.15, -0.1) is 0 Å². The highest BCUT2D eigenvalue weighted by atomic mass is 32.2. The molecule has 2 heterocycles. The molecule has 4 rings (SSSR count).